The summed E-state index contributed by atoms with van der Waals surface area (Å²) in [6, 6.07) is 0.635. The molecule has 1 aliphatic heterocycles. The number of rotatable bonds is 5. The van der Waals surface area contributed by atoms with Crippen LogP contribution in [0.25, 0.3) is 0 Å². The van der Waals surface area contributed by atoms with E-state index in [1.807, 2.05) is 13.8 Å². The fourth-order valence-electron chi connectivity index (χ4n) is 1.97. The van der Waals surface area contributed by atoms with Gasteiger partial charge in [0.2, 0.25) is 5.91 Å². The lowest BCUT2D eigenvalue weighted by Gasteiger charge is -2.21. The van der Waals surface area contributed by atoms with Gasteiger partial charge in [-0.05, 0) is 40.3 Å². The van der Waals surface area contributed by atoms with Crippen molar-refractivity contribution in [3.63, 3.8) is 0 Å². The van der Waals surface area contributed by atoms with Gasteiger partial charge in [0.05, 0.1) is 6.04 Å². The largest absolute Gasteiger partial charge is 0.352 e. The van der Waals surface area contributed by atoms with Crippen molar-refractivity contribution in [3.05, 3.63) is 0 Å². The Kier molecular flexibility index (Phi) is 5.22. The van der Waals surface area contributed by atoms with E-state index in [4.69, 9.17) is 0 Å². The molecule has 3 atom stereocenters. The van der Waals surface area contributed by atoms with Crippen molar-refractivity contribution in [1.82, 2.24) is 15.5 Å². The Morgan fingerprint density at radius 3 is 2.69 bits per heavy atom. The van der Waals surface area contributed by atoms with Crippen molar-refractivity contribution < 1.29 is 4.79 Å². The molecule has 0 radical (unpaired) electrons. The second-order valence-corrected chi connectivity index (χ2v) is 4.95. The highest BCUT2D eigenvalue weighted by molar-refractivity contribution is 5.81. The summed E-state index contributed by atoms with van der Waals surface area (Å²) in [5, 5.41) is 6.38. The molecule has 1 heterocycles. The Morgan fingerprint density at radius 1 is 1.50 bits per heavy atom. The quantitative estimate of drug-likeness (QED) is 0.722. The summed E-state index contributed by atoms with van der Waals surface area (Å²) in [5.41, 5.74) is 0. The van der Waals surface area contributed by atoms with Gasteiger partial charge in [-0.1, -0.05) is 6.92 Å². The fraction of sp³-hybridized carbons (Fsp3) is 0.917. The van der Waals surface area contributed by atoms with Crippen LogP contribution >= 0.6 is 0 Å². The normalized spacial score (nSPS) is 25.4. The Morgan fingerprint density at radius 2 is 2.19 bits per heavy atom. The number of hydrogen-bond donors (Lipinski definition) is 2. The van der Waals surface area contributed by atoms with Gasteiger partial charge in [0.1, 0.15) is 0 Å². The summed E-state index contributed by atoms with van der Waals surface area (Å²) in [5.74, 6) is 0.115. The fourth-order valence-corrected chi connectivity index (χ4v) is 1.97. The summed E-state index contributed by atoms with van der Waals surface area (Å²) in [7, 11) is 2.12. The Bertz CT molecular complexity index is 232. The van der Waals surface area contributed by atoms with Crippen molar-refractivity contribution >= 4 is 5.91 Å². The second kappa shape index (κ2) is 6.21. The molecule has 0 aromatic heterocycles. The number of hydrogen-bond acceptors (Lipinski definition) is 3. The molecular formula is C12H25N3O. The predicted molar refractivity (Wildman–Crippen MR) is 66.4 cm³/mol. The van der Waals surface area contributed by atoms with Gasteiger partial charge in [-0.2, -0.15) is 0 Å². The number of nitrogens with one attached hydrogen (secondary N) is 2. The van der Waals surface area contributed by atoms with Crippen molar-refractivity contribution in [3.8, 4) is 0 Å². The van der Waals surface area contributed by atoms with Gasteiger partial charge in [-0.15, -0.1) is 0 Å². The van der Waals surface area contributed by atoms with E-state index in [9.17, 15) is 4.79 Å². The van der Waals surface area contributed by atoms with Gasteiger partial charge in [-0.25, -0.2) is 0 Å². The number of likely N-dealkylation sites (tertiary alicyclic amines) is 1. The second-order valence-electron chi connectivity index (χ2n) is 4.95. The first kappa shape index (κ1) is 13.5. The number of amides is 1. The smallest absolute Gasteiger partial charge is 0.237 e. The Hall–Kier alpha value is -0.610. The number of carbonyl (C=O) groups excluding carboxylic acids is 1. The molecular weight excluding hydrogens is 202 g/mol. The van der Waals surface area contributed by atoms with Crippen molar-refractivity contribution in [2.75, 3.05) is 20.1 Å². The van der Waals surface area contributed by atoms with Crippen LogP contribution in [-0.2, 0) is 4.79 Å². The summed E-state index contributed by atoms with van der Waals surface area (Å²) in [6.07, 6.45) is 2.11. The molecule has 4 nitrogen and oxygen atoms in total. The van der Waals surface area contributed by atoms with Crippen LogP contribution in [0, 0.1) is 0 Å². The van der Waals surface area contributed by atoms with E-state index in [-0.39, 0.29) is 18.0 Å². The summed E-state index contributed by atoms with van der Waals surface area (Å²) in [6.45, 7) is 8.22. The predicted octanol–water partition coefficient (Wildman–Crippen LogP) is 0.583. The average molecular weight is 227 g/mol. The van der Waals surface area contributed by atoms with E-state index in [1.165, 1.54) is 0 Å². The van der Waals surface area contributed by atoms with E-state index < -0.39 is 0 Å². The molecule has 0 aromatic rings. The molecule has 1 fully saturated rings. The first-order valence-corrected chi connectivity index (χ1v) is 6.28. The van der Waals surface area contributed by atoms with E-state index >= 15 is 0 Å². The van der Waals surface area contributed by atoms with Crippen molar-refractivity contribution in [1.29, 1.82) is 0 Å². The van der Waals surface area contributed by atoms with Crippen LogP contribution in [0.2, 0.25) is 0 Å². The molecule has 0 bridgehead atoms. The molecule has 1 saturated heterocycles. The lowest BCUT2D eigenvalue weighted by molar-refractivity contribution is -0.123. The molecule has 1 aliphatic rings. The minimum Gasteiger partial charge on any atom is -0.352 e. The SMILES string of the molecule is CCC(C)NC(=O)C(C)NC1CCN(C)C1. The van der Waals surface area contributed by atoms with Gasteiger partial charge in [0, 0.05) is 18.6 Å². The minimum atomic E-state index is -0.0921. The zero-order valence-corrected chi connectivity index (χ0v) is 10.9. The molecule has 1 rings (SSSR count). The van der Waals surface area contributed by atoms with Gasteiger partial charge in [0.25, 0.3) is 0 Å². The van der Waals surface area contributed by atoms with Crippen LogP contribution in [0.5, 0.6) is 0 Å². The first-order valence-electron chi connectivity index (χ1n) is 6.28. The van der Waals surface area contributed by atoms with Gasteiger partial charge in [0.15, 0.2) is 0 Å². The highest BCUT2D eigenvalue weighted by Crippen LogP contribution is 2.07. The highest BCUT2D eigenvalue weighted by atomic mass is 16.2. The van der Waals surface area contributed by atoms with E-state index in [1.54, 1.807) is 0 Å². The van der Waals surface area contributed by atoms with E-state index in [2.05, 4.69) is 29.5 Å². The summed E-state index contributed by atoms with van der Waals surface area (Å²) in [4.78, 5) is 14.1. The molecule has 0 aromatic carbocycles. The monoisotopic (exact) mass is 227 g/mol. The molecule has 1 amide bonds. The lowest BCUT2D eigenvalue weighted by atomic mass is 10.2. The van der Waals surface area contributed by atoms with Gasteiger partial charge < -0.3 is 15.5 Å². The van der Waals surface area contributed by atoms with Crippen LogP contribution in [-0.4, -0.2) is 49.1 Å². The Labute approximate surface area is 98.8 Å². The van der Waals surface area contributed by atoms with Gasteiger partial charge in [-0.3, -0.25) is 4.79 Å². The van der Waals surface area contributed by atoms with E-state index in [0.717, 1.165) is 25.9 Å². The molecule has 16 heavy (non-hydrogen) atoms. The van der Waals surface area contributed by atoms with E-state index in [0.29, 0.717) is 6.04 Å². The lowest BCUT2D eigenvalue weighted by Crippen LogP contribution is -2.49. The maximum Gasteiger partial charge on any atom is 0.237 e. The third-order valence-electron chi connectivity index (χ3n) is 3.27. The first-order chi connectivity index (χ1) is 7.52. The molecule has 94 valence electrons. The molecule has 0 spiro atoms. The van der Waals surface area contributed by atoms with Crippen LogP contribution in [0.3, 0.4) is 0 Å². The molecule has 0 aliphatic carbocycles. The highest BCUT2D eigenvalue weighted by Gasteiger charge is 2.23. The standard InChI is InChI=1S/C12H25N3O/c1-5-9(2)13-12(16)10(3)14-11-6-7-15(4)8-11/h9-11,14H,5-8H2,1-4H3,(H,13,16). The van der Waals surface area contributed by atoms with Crippen molar-refractivity contribution in [2.45, 2.75) is 51.7 Å². The van der Waals surface area contributed by atoms with Crippen molar-refractivity contribution in [2.24, 2.45) is 0 Å². The zero-order valence-electron chi connectivity index (χ0n) is 10.9. The van der Waals surface area contributed by atoms with Crippen LogP contribution in [0.15, 0.2) is 0 Å². The number of carbonyl (C=O) groups is 1. The van der Waals surface area contributed by atoms with Crippen LogP contribution < -0.4 is 10.6 Å². The molecule has 0 saturated carbocycles. The van der Waals surface area contributed by atoms with Crippen LogP contribution in [0.4, 0.5) is 0 Å². The molecule has 4 heteroatoms. The number of nitrogens with zero attached hydrogens (tertiary/aromatic N) is 1. The average Bonchev–Trinajstić information content (AvgIpc) is 2.63. The maximum atomic E-state index is 11.8. The third-order valence-corrected chi connectivity index (χ3v) is 3.27. The molecule has 3 unspecified atom stereocenters. The maximum absolute atomic E-state index is 11.8. The molecule has 2 N–H and O–H groups in total. The minimum absolute atomic E-state index is 0.0921. The topological polar surface area (TPSA) is 44.4 Å². The summed E-state index contributed by atoms with van der Waals surface area (Å²) < 4.78 is 0. The van der Waals surface area contributed by atoms with Gasteiger partial charge >= 0.3 is 0 Å². The zero-order chi connectivity index (χ0) is 12.1. The Balaban J connectivity index is 2.28. The summed E-state index contributed by atoms with van der Waals surface area (Å²) >= 11 is 0. The number of likely N-dealkylation sites (N-methyl/N-ethyl adjacent to an activating group) is 1. The third kappa shape index (κ3) is 4.10. The van der Waals surface area contributed by atoms with Crippen LogP contribution in [0.1, 0.15) is 33.6 Å².